The molecule has 0 saturated heterocycles. The Morgan fingerprint density at radius 2 is 1.50 bits per heavy atom. The van der Waals surface area contributed by atoms with Crippen molar-refractivity contribution in [1.82, 2.24) is 0 Å². The van der Waals surface area contributed by atoms with Gasteiger partial charge in [0.05, 0.1) is 11.8 Å². The van der Waals surface area contributed by atoms with Crippen molar-refractivity contribution in [2.75, 3.05) is 6.61 Å². The summed E-state index contributed by atoms with van der Waals surface area (Å²) in [5.41, 5.74) is 5.56. The van der Waals surface area contributed by atoms with Crippen LogP contribution in [0.3, 0.4) is 0 Å². The Bertz CT molecular complexity index is 1080. The summed E-state index contributed by atoms with van der Waals surface area (Å²) in [6.45, 7) is 1.83. The Morgan fingerprint density at radius 1 is 0.938 bits per heavy atom. The van der Waals surface area contributed by atoms with Gasteiger partial charge in [-0.05, 0) is 52.8 Å². The van der Waals surface area contributed by atoms with Crippen molar-refractivity contribution < 1.29 is 19.4 Å². The molecule has 32 heavy (non-hydrogen) atoms. The molecule has 0 bridgehead atoms. The fourth-order valence-corrected chi connectivity index (χ4v) is 4.59. The van der Waals surface area contributed by atoms with Crippen molar-refractivity contribution in [3.63, 3.8) is 0 Å². The number of hydrogen-bond acceptors (Lipinski definition) is 3. The van der Waals surface area contributed by atoms with Crippen LogP contribution in [0.4, 0.5) is 0 Å². The van der Waals surface area contributed by atoms with Crippen molar-refractivity contribution in [2.24, 2.45) is 11.8 Å². The first kappa shape index (κ1) is 22.1. The molecule has 1 N–H and O–H groups in total. The third kappa shape index (κ3) is 4.56. The highest BCUT2D eigenvalue weighted by Gasteiger charge is 2.33. The van der Waals surface area contributed by atoms with Crippen LogP contribution in [0.25, 0.3) is 11.1 Å². The number of ether oxygens (including phenoxy) is 1. The molecule has 0 amide bonds. The van der Waals surface area contributed by atoms with E-state index in [1.165, 1.54) is 0 Å². The summed E-state index contributed by atoms with van der Waals surface area (Å²) >= 11 is 5.91. The topological polar surface area (TPSA) is 63.6 Å². The summed E-state index contributed by atoms with van der Waals surface area (Å²) in [6.07, 6.45) is 0.900. The number of carbonyl (C=O) groups is 2. The monoisotopic (exact) mass is 448 g/mol. The molecular weight excluding hydrogens is 424 g/mol. The Morgan fingerprint density at radius 3 is 2.06 bits per heavy atom. The van der Waals surface area contributed by atoms with Gasteiger partial charge in [-0.2, -0.15) is 0 Å². The summed E-state index contributed by atoms with van der Waals surface area (Å²) in [7, 11) is 0. The fraction of sp³-hybridized carbons (Fsp3) is 0.259. The second-order valence-electron chi connectivity index (χ2n) is 8.26. The van der Waals surface area contributed by atoms with E-state index in [0.29, 0.717) is 17.9 Å². The van der Waals surface area contributed by atoms with Gasteiger partial charge in [0.1, 0.15) is 6.61 Å². The molecule has 5 heteroatoms. The predicted molar refractivity (Wildman–Crippen MR) is 125 cm³/mol. The molecule has 4 nitrogen and oxygen atoms in total. The number of carbonyl (C=O) groups excluding carboxylic acids is 1. The maximum Gasteiger partial charge on any atom is 0.309 e. The van der Waals surface area contributed by atoms with E-state index in [4.69, 9.17) is 16.3 Å². The maximum absolute atomic E-state index is 12.8. The van der Waals surface area contributed by atoms with E-state index in [0.717, 1.165) is 27.8 Å². The molecule has 3 aromatic rings. The van der Waals surface area contributed by atoms with Crippen LogP contribution in [-0.4, -0.2) is 23.7 Å². The number of benzene rings is 3. The predicted octanol–water partition coefficient (Wildman–Crippen LogP) is 5.97. The maximum atomic E-state index is 12.8. The molecular formula is C27H25ClO4. The first-order valence-corrected chi connectivity index (χ1v) is 11.2. The number of esters is 1. The number of hydrogen-bond donors (Lipinski definition) is 1. The van der Waals surface area contributed by atoms with Gasteiger partial charge >= 0.3 is 11.9 Å². The van der Waals surface area contributed by atoms with Crippen LogP contribution in [0.15, 0.2) is 72.8 Å². The van der Waals surface area contributed by atoms with Gasteiger partial charge in [-0.3, -0.25) is 9.59 Å². The lowest BCUT2D eigenvalue weighted by Gasteiger charge is -2.21. The third-order valence-corrected chi connectivity index (χ3v) is 6.56. The van der Waals surface area contributed by atoms with Crippen molar-refractivity contribution >= 4 is 23.5 Å². The fourth-order valence-electron chi connectivity index (χ4n) is 4.46. The molecule has 2 atom stereocenters. The summed E-state index contributed by atoms with van der Waals surface area (Å²) in [5.74, 6) is -3.07. The van der Waals surface area contributed by atoms with Crippen molar-refractivity contribution in [3.8, 4) is 11.1 Å². The Kier molecular flexibility index (Phi) is 6.61. The average molecular weight is 449 g/mol. The van der Waals surface area contributed by atoms with Crippen LogP contribution in [0, 0.1) is 11.8 Å². The van der Waals surface area contributed by atoms with Gasteiger partial charge in [-0.25, -0.2) is 0 Å². The standard InChI is InChI=1S/C27H25ClO4/c1-17(20(26(29)30)15-12-18-10-13-19(28)14-11-18)27(31)32-16-25-23-8-4-2-6-21(23)22-7-3-5-9-24(22)25/h2-11,13-14,17,20,25H,12,15-16H2,1H3,(H,29,30)/t17-,20-/m1/s1. The number of halogens is 1. The lowest BCUT2D eigenvalue weighted by molar-refractivity contribution is -0.157. The van der Waals surface area contributed by atoms with E-state index in [2.05, 4.69) is 24.3 Å². The molecule has 0 unspecified atom stereocenters. The van der Waals surface area contributed by atoms with Crippen molar-refractivity contribution in [2.45, 2.75) is 25.7 Å². The number of rotatable bonds is 8. The van der Waals surface area contributed by atoms with E-state index in [-0.39, 0.29) is 12.5 Å². The molecule has 4 rings (SSSR count). The molecule has 0 heterocycles. The van der Waals surface area contributed by atoms with Crippen LogP contribution in [-0.2, 0) is 20.7 Å². The van der Waals surface area contributed by atoms with Crippen molar-refractivity contribution in [3.05, 3.63) is 94.5 Å². The van der Waals surface area contributed by atoms with Crippen LogP contribution in [0.1, 0.15) is 36.0 Å². The van der Waals surface area contributed by atoms with E-state index in [9.17, 15) is 14.7 Å². The third-order valence-electron chi connectivity index (χ3n) is 6.30. The number of fused-ring (bicyclic) bond motifs is 3. The Hall–Kier alpha value is -3.11. The van der Waals surface area contributed by atoms with Crippen LogP contribution >= 0.6 is 11.6 Å². The van der Waals surface area contributed by atoms with E-state index in [1.54, 1.807) is 19.1 Å². The second-order valence-corrected chi connectivity index (χ2v) is 8.69. The molecule has 0 aliphatic heterocycles. The number of carboxylic acids is 1. The minimum Gasteiger partial charge on any atom is -0.481 e. The van der Waals surface area contributed by atoms with Gasteiger partial charge in [0.25, 0.3) is 0 Å². The van der Waals surface area contributed by atoms with Crippen molar-refractivity contribution in [1.29, 1.82) is 0 Å². The normalized spacial score (nSPS) is 14.3. The lowest BCUT2D eigenvalue weighted by atomic mass is 9.88. The highest BCUT2D eigenvalue weighted by atomic mass is 35.5. The zero-order chi connectivity index (χ0) is 22.7. The molecule has 0 radical (unpaired) electrons. The van der Waals surface area contributed by atoms with Gasteiger partial charge in [0.15, 0.2) is 0 Å². The van der Waals surface area contributed by atoms with E-state index >= 15 is 0 Å². The number of carboxylic acid groups (broad SMARTS) is 1. The first-order valence-electron chi connectivity index (χ1n) is 10.8. The smallest absolute Gasteiger partial charge is 0.309 e. The molecule has 0 aromatic heterocycles. The van der Waals surface area contributed by atoms with E-state index < -0.39 is 23.8 Å². The lowest BCUT2D eigenvalue weighted by Crippen LogP contribution is -2.30. The minimum absolute atomic E-state index is 0.0455. The van der Waals surface area contributed by atoms with Crippen LogP contribution in [0.5, 0.6) is 0 Å². The number of aliphatic carboxylic acids is 1. The molecule has 0 fully saturated rings. The number of aryl methyl sites for hydroxylation is 1. The quantitative estimate of drug-likeness (QED) is 0.431. The average Bonchev–Trinajstić information content (AvgIpc) is 3.12. The van der Waals surface area contributed by atoms with Gasteiger partial charge in [-0.15, -0.1) is 0 Å². The highest BCUT2D eigenvalue weighted by Crippen LogP contribution is 2.44. The summed E-state index contributed by atoms with van der Waals surface area (Å²) in [5, 5.41) is 10.4. The zero-order valence-corrected chi connectivity index (χ0v) is 18.6. The molecule has 1 aliphatic carbocycles. The molecule has 164 valence electrons. The molecule has 3 aromatic carbocycles. The van der Waals surface area contributed by atoms with E-state index in [1.807, 2.05) is 36.4 Å². The van der Waals surface area contributed by atoms with Gasteiger partial charge in [-0.1, -0.05) is 79.2 Å². The van der Waals surface area contributed by atoms with Crippen LogP contribution < -0.4 is 0 Å². The van der Waals surface area contributed by atoms with Crippen LogP contribution in [0.2, 0.25) is 5.02 Å². The van der Waals surface area contributed by atoms with Gasteiger partial charge in [0.2, 0.25) is 0 Å². The highest BCUT2D eigenvalue weighted by molar-refractivity contribution is 6.30. The first-order chi connectivity index (χ1) is 15.5. The minimum atomic E-state index is -0.986. The van der Waals surface area contributed by atoms with Gasteiger partial charge < -0.3 is 9.84 Å². The zero-order valence-electron chi connectivity index (χ0n) is 17.8. The summed E-state index contributed by atoms with van der Waals surface area (Å²) < 4.78 is 5.68. The molecule has 1 aliphatic rings. The SMILES string of the molecule is C[C@@H](C(=O)OCC1c2ccccc2-c2ccccc21)[C@@H](CCc1ccc(Cl)cc1)C(=O)O. The second kappa shape index (κ2) is 9.58. The Balaban J connectivity index is 1.42. The largest absolute Gasteiger partial charge is 0.481 e. The summed E-state index contributed by atoms with van der Waals surface area (Å²) in [4.78, 5) is 24.7. The van der Waals surface area contributed by atoms with Gasteiger partial charge in [0, 0.05) is 10.9 Å². The Labute approximate surface area is 192 Å². The molecule has 0 saturated carbocycles. The molecule has 0 spiro atoms. The summed E-state index contributed by atoms with van der Waals surface area (Å²) in [6, 6.07) is 23.6.